The monoisotopic (exact) mass is 476 g/mol. The predicted molar refractivity (Wildman–Crippen MR) is 127 cm³/mol. The summed E-state index contributed by atoms with van der Waals surface area (Å²) in [6.45, 7) is -0.387. The molecule has 4 atom stereocenters. The summed E-state index contributed by atoms with van der Waals surface area (Å²) in [5, 5.41) is 42.3. The molecular weight excluding hydrogens is 452 g/mol. The number of fused-ring (bicyclic) bond motifs is 2. The Morgan fingerprint density at radius 2 is 1.74 bits per heavy atom. The molecule has 0 aliphatic carbocycles. The van der Waals surface area contributed by atoms with Crippen LogP contribution < -0.4 is 10.1 Å². The van der Waals surface area contributed by atoms with Crippen LogP contribution in [-0.2, 0) is 16.1 Å². The number of ether oxygens (including phenoxy) is 2. The van der Waals surface area contributed by atoms with E-state index >= 15 is 0 Å². The number of carbonyl (C=O) groups is 1. The first-order chi connectivity index (χ1) is 16.9. The number of benzene rings is 3. The fourth-order valence-corrected chi connectivity index (χ4v) is 4.23. The molecule has 0 radical (unpaired) electrons. The van der Waals surface area contributed by atoms with E-state index in [1.807, 2.05) is 66.7 Å². The summed E-state index contributed by atoms with van der Waals surface area (Å²) in [6.07, 6.45) is -3.10. The number of aliphatic carboxylic acids is 1. The van der Waals surface area contributed by atoms with Crippen LogP contribution in [0.1, 0.15) is 11.1 Å². The van der Waals surface area contributed by atoms with E-state index in [9.17, 15) is 25.2 Å². The van der Waals surface area contributed by atoms with Crippen molar-refractivity contribution in [1.29, 1.82) is 0 Å². The third kappa shape index (κ3) is 4.20. The minimum atomic E-state index is -2.24. The molecule has 0 spiro atoms. The van der Waals surface area contributed by atoms with Gasteiger partial charge in [0.2, 0.25) is 5.72 Å². The van der Waals surface area contributed by atoms with E-state index in [-0.39, 0.29) is 6.54 Å². The number of rotatable bonds is 5. The first kappa shape index (κ1) is 23.2. The van der Waals surface area contributed by atoms with Crippen LogP contribution in [0.5, 0.6) is 11.5 Å². The molecule has 2 heterocycles. The van der Waals surface area contributed by atoms with Crippen LogP contribution in [-0.4, -0.2) is 63.3 Å². The van der Waals surface area contributed by atoms with E-state index in [4.69, 9.17) is 9.47 Å². The lowest BCUT2D eigenvalue weighted by Crippen LogP contribution is -2.70. The van der Waals surface area contributed by atoms with Crippen LogP contribution in [0.2, 0.25) is 0 Å². The molecule has 5 rings (SSSR count). The zero-order valence-corrected chi connectivity index (χ0v) is 18.5. The Kier molecular flexibility index (Phi) is 6.10. The van der Waals surface area contributed by atoms with Crippen LogP contribution in [0, 0.1) is 0 Å². The van der Waals surface area contributed by atoms with Gasteiger partial charge in [-0.2, -0.15) is 0 Å². The Hall–Kier alpha value is -3.60. The molecule has 180 valence electrons. The van der Waals surface area contributed by atoms with Crippen LogP contribution >= 0.6 is 0 Å². The van der Waals surface area contributed by atoms with Crippen LogP contribution in [0.3, 0.4) is 0 Å². The Balaban J connectivity index is 1.37. The number of nitrogens with one attached hydrogen (secondary N) is 1. The Labute approximate surface area is 200 Å². The van der Waals surface area contributed by atoms with Gasteiger partial charge in [0.25, 0.3) is 0 Å². The van der Waals surface area contributed by atoms with Gasteiger partial charge >= 0.3 is 5.97 Å². The van der Waals surface area contributed by atoms with Crippen LogP contribution in [0.15, 0.2) is 71.7 Å². The van der Waals surface area contributed by atoms with Crippen molar-refractivity contribution in [2.24, 2.45) is 4.99 Å². The molecule has 0 aromatic heterocycles. The van der Waals surface area contributed by atoms with E-state index in [1.165, 1.54) is 0 Å². The van der Waals surface area contributed by atoms with Crippen molar-refractivity contribution in [3.05, 3.63) is 77.9 Å². The molecular formula is C26H24N2O7. The maximum Gasteiger partial charge on any atom is 0.354 e. The van der Waals surface area contributed by atoms with Crippen molar-refractivity contribution >= 4 is 17.9 Å². The van der Waals surface area contributed by atoms with Gasteiger partial charge in [-0.15, -0.1) is 0 Å². The highest BCUT2D eigenvalue weighted by Crippen LogP contribution is 2.39. The largest absolute Gasteiger partial charge is 0.478 e. The second-order valence-electron chi connectivity index (χ2n) is 8.45. The second kappa shape index (κ2) is 9.21. The third-order valence-corrected chi connectivity index (χ3v) is 6.24. The summed E-state index contributed by atoms with van der Waals surface area (Å²) in [5.41, 5.74) is 1.90. The van der Waals surface area contributed by atoms with Crippen molar-refractivity contribution in [3.63, 3.8) is 0 Å². The molecule has 0 amide bonds. The summed E-state index contributed by atoms with van der Waals surface area (Å²) in [5.74, 6) is -0.118. The molecule has 35 heavy (non-hydrogen) atoms. The van der Waals surface area contributed by atoms with Gasteiger partial charge in [-0.1, -0.05) is 48.5 Å². The van der Waals surface area contributed by atoms with Crippen molar-refractivity contribution in [1.82, 2.24) is 5.32 Å². The standard InChI is InChI=1S/C26H24N2O7/c29-20-14-34-26(25(32)33,24(31)23(20)30)28-12-15-8-10-16(11-9-15)17-4-3-7-21-18(17)13-27-19-5-1-2-6-22(19)35-21/h1-11,13,20,23-24,28-31H,12,14H2,(H,32,33). The van der Waals surface area contributed by atoms with E-state index < -0.39 is 36.6 Å². The smallest absolute Gasteiger partial charge is 0.354 e. The quantitative estimate of drug-likeness (QED) is 0.295. The van der Waals surface area contributed by atoms with E-state index in [0.29, 0.717) is 11.5 Å². The highest BCUT2D eigenvalue weighted by molar-refractivity contribution is 5.96. The number of nitrogens with zero attached hydrogens (tertiary/aromatic N) is 1. The van der Waals surface area contributed by atoms with Gasteiger partial charge in [-0.3, -0.25) is 10.3 Å². The Morgan fingerprint density at radius 3 is 2.51 bits per heavy atom. The number of carboxylic acid groups (broad SMARTS) is 1. The van der Waals surface area contributed by atoms with Gasteiger partial charge in [0.05, 0.1) is 6.61 Å². The number of hydrogen-bond acceptors (Lipinski definition) is 8. The molecule has 0 saturated carbocycles. The molecule has 3 aromatic carbocycles. The Morgan fingerprint density at radius 1 is 1.00 bits per heavy atom. The first-order valence-electron chi connectivity index (χ1n) is 11.1. The van der Waals surface area contributed by atoms with Gasteiger partial charge in [0.15, 0.2) is 5.75 Å². The number of carboxylic acids is 1. The minimum absolute atomic E-state index is 0.0409. The molecule has 3 aromatic rings. The number of aliphatic imine (C=N–C) groups is 1. The zero-order valence-electron chi connectivity index (χ0n) is 18.5. The average Bonchev–Trinajstić information content (AvgIpc) is 3.06. The molecule has 0 bridgehead atoms. The fourth-order valence-electron chi connectivity index (χ4n) is 4.23. The molecule has 9 nitrogen and oxygen atoms in total. The average molecular weight is 476 g/mol. The summed E-state index contributed by atoms with van der Waals surface area (Å²) in [4.78, 5) is 16.4. The molecule has 1 saturated heterocycles. The lowest BCUT2D eigenvalue weighted by Gasteiger charge is -2.42. The molecule has 1 fully saturated rings. The summed E-state index contributed by atoms with van der Waals surface area (Å²) < 4.78 is 11.3. The van der Waals surface area contributed by atoms with Gasteiger partial charge in [0, 0.05) is 18.3 Å². The zero-order chi connectivity index (χ0) is 24.6. The fraction of sp³-hybridized carbons (Fsp3) is 0.231. The van der Waals surface area contributed by atoms with Gasteiger partial charge in [-0.25, -0.2) is 4.79 Å². The molecule has 2 aliphatic rings. The molecule has 9 heteroatoms. The number of hydrogen-bond donors (Lipinski definition) is 5. The number of para-hydroxylation sites is 2. The topological polar surface area (TPSA) is 141 Å². The summed E-state index contributed by atoms with van der Waals surface area (Å²) in [7, 11) is 0. The SMILES string of the molecule is O=C(O)C1(NCc2ccc(-c3cccc4c3C=Nc3ccccc3O4)cc2)OCC(O)C(O)C1O. The van der Waals surface area contributed by atoms with Crippen molar-refractivity contribution < 1.29 is 34.7 Å². The van der Waals surface area contributed by atoms with Crippen molar-refractivity contribution in [2.45, 2.75) is 30.6 Å². The van der Waals surface area contributed by atoms with Crippen LogP contribution in [0.25, 0.3) is 11.1 Å². The molecule has 2 aliphatic heterocycles. The summed E-state index contributed by atoms with van der Waals surface area (Å²) >= 11 is 0. The van der Waals surface area contributed by atoms with E-state index in [1.54, 1.807) is 6.21 Å². The maximum absolute atomic E-state index is 11.9. The number of aliphatic hydroxyl groups is 3. The highest BCUT2D eigenvalue weighted by Gasteiger charge is 2.55. The highest BCUT2D eigenvalue weighted by atomic mass is 16.6. The second-order valence-corrected chi connectivity index (χ2v) is 8.45. The normalized spacial score (nSPS) is 25.2. The van der Waals surface area contributed by atoms with Crippen LogP contribution in [0.4, 0.5) is 5.69 Å². The van der Waals surface area contributed by atoms with Gasteiger partial charge < -0.3 is 29.9 Å². The van der Waals surface area contributed by atoms with Gasteiger partial charge in [-0.05, 0) is 34.9 Å². The predicted octanol–water partition coefficient (Wildman–Crippen LogP) is 2.19. The Bertz CT molecular complexity index is 1280. The third-order valence-electron chi connectivity index (χ3n) is 6.24. The van der Waals surface area contributed by atoms with Gasteiger partial charge in [0.1, 0.15) is 29.7 Å². The lowest BCUT2D eigenvalue weighted by atomic mass is 9.93. The van der Waals surface area contributed by atoms with Crippen molar-refractivity contribution in [3.8, 4) is 22.6 Å². The molecule has 5 N–H and O–H groups in total. The van der Waals surface area contributed by atoms with Crippen molar-refractivity contribution in [2.75, 3.05) is 6.61 Å². The first-order valence-corrected chi connectivity index (χ1v) is 11.1. The molecule has 4 unspecified atom stereocenters. The maximum atomic E-state index is 11.9. The summed E-state index contributed by atoms with van der Waals surface area (Å²) in [6, 6.07) is 20.7. The minimum Gasteiger partial charge on any atom is -0.478 e. The van der Waals surface area contributed by atoms with E-state index in [2.05, 4.69) is 10.3 Å². The van der Waals surface area contributed by atoms with E-state index in [0.717, 1.165) is 27.9 Å². The number of aliphatic hydroxyl groups excluding tert-OH is 3. The lowest BCUT2D eigenvalue weighted by molar-refractivity contribution is -0.251.